The van der Waals surface area contributed by atoms with Crippen molar-refractivity contribution in [1.29, 1.82) is 0 Å². The van der Waals surface area contributed by atoms with E-state index in [-0.39, 0.29) is 11.8 Å². The van der Waals surface area contributed by atoms with E-state index in [0.29, 0.717) is 21.7 Å². The topological polar surface area (TPSA) is 64.7 Å². The molecule has 0 radical (unpaired) electrons. The van der Waals surface area contributed by atoms with E-state index < -0.39 is 0 Å². The maximum atomic E-state index is 13.1. The van der Waals surface area contributed by atoms with E-state index >= 15 is 0 Å². The van der Waals surface area contributed by atoms with Gasteiger partial charge in [-0.05, 0) is 25.1 Å². The molecule has 0 amide bonds. The van der Waals surface area contributed by atoms with Gasteiger partial charge in [0.25, 0.3) is 0 Å². The van der Waals surface area contributed by atoms with Crippen molar-refractivity contribution in [3.8, 4) is 11.4 Å². The summed E-state index contributed by atoms with van der Waals surface area (Å²) in [4.78, 5) is 11.9. The maximum Gasteiger partial charge on any atom is 0.223 e. The molecule has 16 heavy (non-hydrogen) atoms. The highest BCUT2D eigenvalue weighted by Gasteiger charge is 2.09. The van der Waals surface area contributed by atoms with E-state index in [9.17, 15) is 4.39 Å². The number of aryl methyl sites for hydroxylation is 1. The molecule has 0 spiro atoms. The van der Waals surface area contributed by atoms with E-state index in [1.807, 2.05) is 0 Å². The number of halogens is 2. The molecule has 0 atom stereocenters. The minimum absolute atomic E-state index is 0.124. The zero-order valence-corrected chi connectivity index (χ0v) is 9.99. The highest BCUT2D eigenvalue weighted by molar-refractivity contribution is 9.10. The Morgan fingerprint density at radius 3 is 2.69 bits per heavy atom. The maximum absolute atomic E-state index is 13.1. The van der Waals surface area contributed by atoms with Crippen molar-refractivity contribution >= 4 is 21.9 Å². The van der Waals surface area contributed by atoms with Gasteiger partial charge in [0.1, 0.15) is 11.6 Å². The van der Waals surface area contributed by atoms with Crippen molar-refractivity contribution in [2.24, 2.45) is 0 Å². The van der Waals surface area contributed by atoms with Gasteiger partial charge in [-0.1, -0.05) is 15.9 Å². The average molecular weight is 283 g/mol. The number of benzene rings is 1. The van der Waals surface area contributed by atoms with Crippen LogP contribution in [-0.2, 0) is 0 Å². The first kappa shape index (κ1) is 10.9. The third kappa shape index (κ3) is 2.16. The molecule has 0 saturated carbocycles. The fourth-order valence-corrected chi connectivity index (χ4v) is 1.72. The minimum Gasteiger partial charge on any atom is -0.368 e. The van der Waals surface area contributed by atoms with Crippen LogP contribution in [-0.4, -0.2) is 15.0 Å². The molecule has 1 aromatic carbocycles. The van der Waals surface area contributed by atoms with Gasteiger partial charge in [0.05, 0.1) is 0 Å². The lowest BCUT2D eigenvalue weighted by Crippen LogP contribution is -2.02. The van der Waals surface area contributed by atoms with Crippen molar-refractivity contribution in [3.63, 3.8) is 0 Å². The van der Waals surface area contributed by atoms with Gasteiger partial charge in [0, 0.05) is 10.0 Å². The highest BCUT2D eigenvalue weighted by atomic mass is 79.9. The van der Waals surface area contributed by atoms with Crippen molar-refractivity contribution < 1.29 is 4.39 Å². The first-order valence-corrected chi connectivity index (χ1v) is 5.29. The van der Waals surface area contributed by atoms with Crippen molar-refractivity contribution in [1.82, 2.24) is 15.0 Å². The summed E-state index contributed by atoms with van der Waals surface area (Å²) in [6.45, 7) is 1.70. The predicted octanol–water partition coefficient (Wildman–Crippen LogP) is 2.33. The van der Waals surface area contributed by atoms with E-state index in [2.05, 4.69) is 30.9 Å². The molecule has 0 aliphatic rings. The molecule has 6 heteroatoms. The molecule has 1 aromatic heterocycles. The Bertz CT molecular complexity index is 524. The number of aromatic nitrogens is 3. The second kappa shape index (κ2) is 4.13. The van der Waals surface area contributed by atoms with Gasteiger partial charge in [-0.2, -0.15) is 9.97 Å². The van der Waals surface area contributed by atoms with Gasteiger partial charge in [0.2, 0.25) is 5.95 Å². The van der Waals surface area contributed by atoms with Crippen LogP contribution in [0.25, 0.3) is 11.4 Å². The molecule has 0 bridgehead atoms. The molecule has 0 saturated heterocycles. The second-order valence-corrected chi connectivity index (χ2v) is 4.04. The molecule has 0 aliphatic heterocycles. The van der Waals surface area contributed by atoms with Crippen molar-refractivity contribution in [3.05, 3.63) is 34.3 Å². The number of nitrogen functional groups attached to an aromatic ring is 1. The zero-order chi connectivity index (χ0) is 11.7. The van der Waals surface area contributed by atoms with Crippen LogP contribution in [0, 0.1) is 12.7 Å². The van der Waals surface area contributed by atoms with Crippen LogP contribution in [0.1, 0.15) is 5.82 Å². The standard InChI is InChI=1S/C10H8BrFN4/c1-5-14-9(16-10(13)15-5)7-4-6(12)2-3-8(7)11/h2-4H,1H3,(H2,13,14,15,16). The monoisotopic (exact) mass is 282 g/mol. The minimum atomic E-state index is -0.352. The van der Waals surface area contributed by atoms with Gasteiger partial charge in [-0.25, -0.2) is 9.37 Å². The first-order valence-electron chi connectivity index (χ1n) is 4.50. The Hall–Kier alpha value is -1.56. The largest absolute Gasteiger partial charge is 0.368 e. The fraction of sp³-hybridized carbons (Fsp3) is 0.100. The Kier molecular flexibility index (Phi) is 2.82. The van der Waals surface area contributed by atoms with Crippen LogP contribution in [0.5, 0.6) is 0 Å². The molecular formula is C10H8BrFN4. The van der Waals surface area contributed by atoms with Gasteiger partial charge < -0.3 is 5.73 Å². The molecule has 0 aliphatic carbocycles. The lowest BCUT2D eigenvalue weighted by molar-refractivity contribution is 0.628. The third-order valence-corrected chi connectivity index (χ3v) is 2.63. The van der Waals surface area contributed by atoms with Crippen molar-refractivity contribution in [2.45, 2.75) is 6.92 Å². The van der Waals surface area contributed by atoms with E-state index in [4.69, 9.17) is 5.73 Å². The molecule has 2 rings (SSSR count). The third-order valence-electron chi connectivity index (χ3n) is 1.93. The Morgan fingerprint density at radius 2 is 2.00 bits per heavy atom. The summed E-state index contributed by atoms with van der Waals surface area (Å²) in [6, 6.07) is 4.29. The number of hydrogen-bond donors (Lipinski definition) is 1. The summed E-state index contributed by atoms with van der Waals surface area (Å²) in [5, 5.41) is 0. The molecule has 0 unspecified atom stereocenters. The number of rotatable bonds is 1. The lowest BCUT2D eigenvalue weighted by Gasteiger charge is -2.04. The number of nitrogens with two attached hydrogens (primary N) is 1. The number of nitrogens with zero attached hydrogens (tertiary/aromatic N) is 3. The molecular weight excluding hydrogens is 275 g/mol. The van der Waals surface area contributed by atoms with E-state index in [1.54, 1.807) is 13.0 Å². The smallest absolute Gasteiger partial charge is 0.223 e. The summed E-state index contributed by atoms with van der Waals surface area (Å²) in [6.07, 6.45) is 0. The van der Waals surface area contributed by atoms with E-state index in [1.165, 1.54) is 12.1 Å². The molecule has 4 nitrogen and oxygen atoms in total. The lowest BCUT2D eigenvalue weighted by atomic mass is 10.2. The zero-order valence-electron chi connectivity index (χ0n) is 8.41. The van der Waals surface area contributed by atoms with Gasteiger partial charge in [-0.15, -0.1) is 0 Å². The quantitative estimate of drug-likeness (QED) is 0.872. The molecule has 2 aromatic rings. The first-order chi connectivity index (χ1) is 7.56. The van der Waals surface area contributed by atoms with Gasteiger partial charge in [0.15, 0.2) is 5.82 Å². The summed E-state index contributed by atoms with van der Waals surface area (Å²) in [5.74, 6) is 0.628. The van der Waals surface area contributed by atoms with Crippen LogP contribution in [0.2, 0.25) is 0 Å². The Balaban J connectivity index is 2.62. The normalized spacial score (nSPS) is 10.4. The van der Waals surface area contributed by atoms with E-state index in [0.717, 1.165) is 0 Å². The van der Waals surface area contributed by atoms with Crippen LogP contribution in [0.3, 0.4) is 0 Å². The number of hydrogen-bond acceptors (Lipinski definition) is 4. The Morgan fingerprint density at radius 1 is 1.25 bits per heavy atom. The summed E-state index contributed by atoms with van der Waals surface area (Å²) < 4.78 is 13.8. The molecule has 0 fully saturated rings. The number of anilines is 1. The molecule has 1 heterocycles. The SMILES string of the molecule is Cc1nc(N)nc(-c2cc(F)ccc2Br)n1. The molecule has 2 N–H and O–H groups in total. The predicted molar refractivity (Wildman–Crippen MR) is 62.1 cm³/mol. The van der Waals surface area contributed by atoms with Crippen LogP contribution < -0.4 is 5.73 Å². The Labute approximate surface area is 99.9 Å². The van der Waals surface area contributed by atoms with Gasteiger partial charge in [-0.3, -0.25) is 0 Å². The van der Waals surface area contributed by atoms with Crippen LogP contribution in [0.4, 0.5) is 10.3 Å². The average Bonchev–Trinajstić information content (AvgIpc) is 2.20. The highest BCUT2D eigenvalue weighted by Crippen LogP contribution is 2.26. The summed E-state index contributed by atoms with van der Waals surface area (Å²) in [5.41, 5.74) is 6.07. The van der Waals surface area contributed by atoms with Crippen molar-refractivity contribution in [2.75, 3.05) is 5.73 Å². The fourth-order valence-electron chi connectivity index (χ4n) is 1.29. The van der Waals surface area contributed by atoms with Crippen LogP contribution >= 0.6 is 15.9 Å². The second-order valence-electron chi connectivity index (χ2n) is 3.19. The van der Waals surface area contributed by atoms with Crippen LogP contribution in [0.15, 0.2) is 22.7 Å². The summed E-state index contributed by atoms with van der Waals surface area (Å²) >= 11 is 3.31. The summed E-state index contributed by atoms with van der Waals surface area (Å²) in [7, 11) is 0. The van der Waals surface area contributed by atoms with Gasteiger partial charge >= 0.3 is 0 Å². The molecule has 82 valence electrons.